The quantitative estimate of drug-likeness (QED) is 0.839. The fourth-order valence-corrected chi connectivity index (χ4v) is 3.53. The molecule has 0 aliphatic carbocycles. The summed E-state index contributed by atoms with van der Waals surface area (Å²) in [7, 11) is 1.89. The van der Waals surface area contributed by atoms with Gasteiger partial charge in [0.1, 0.15) is 11.8 Å². The molecule has 0 spiro atoms. The molecule has 0 amide bonds. The lowest BCUT2D eigenvalue weighted by molar-refractivity contribution is -0.0548. The lowest BCUT2D eigenvalue weighted by Crippen LogP contribution is -2.42. The highest BCUT2D eigenvalue weighted by atomic mass is 16.5. The predicted molar refractivity (Wildman–Crippen MR) is 84.6 cm³/mol. The van der Waals surface area contributed by atoms with Gasteiger partial charge in [0.15, 0.2) is 12.4 Å². The summed E-state index contributed by atoms with van der Waals surface area (Å²) in [6, 6.07) is 0.562. The number of morpholine rings is 1. The average Bonchev–Trinajstić information content (AvgIpc) is 3.27. The van der Waals surface area contributed by atoms with Crippen LogP contribution in [0.1, 0.15) is 42.0 Å². The van der Waals surface area contributed by atoms with E-state index in [-0.39, 0.29) is 12.7 Å². The third kappa shape index (κ3) is 2.80. The summed E-state index contributed by atoms with van der Waals surface area (Å²) < 4.78 is 18.9. The van der Waals surface area contributed by atoms with Crippen LogP contribution in [-0.2, 0) is 18.4 Å². The highest BCUT2D eigenvalue weighted by molar-refractivity contribution is 5.31. The van der Waals surface area contributed by atoms with E-state index in [4.69, 9.17) is 14.0 Å². The van der Waals surface area contributed by atoms with Crippen LogP contribution in [-0.4, -0.2) is 50.6 Å². The van der Waals surface area contributed by atoms with Crippen molar-refractivity contribution in [1.29, 1.82) is 0 Å². The van der Waals surface area contributed by atoms with Crippen molar-refractivity contribution in [2.75, 3.05) is 19.7 Å². The second-order valence-electron chi connectivity index (χ2n) is 6.57. The summed E-state index contributed by atoms with van der Waals surface area (Å²) in [5.41, 5.74) is 1.83. The first kappa shape index (κ1) is 15.6. The van der Waals surface area contributed by atoms with Crippen LogP contribution in [0, 0.1) is 13.8 Å². The Balaban J connectivity index is 1.40. The zero-order valence-electron chi connectivity index (χ0n) is 14.4. The molecule has 0 N–H and O–H groups in total. The van der Waals surface area contributed by atoms with Crippen molar-refractivity contribution < 1.29 is 14.0 Å². The number of nitrogens with zero attached hydrogens (tertiary/aromatic N) is 5. The van der Waals surface area contributed by atoms with Gasteiger partial charge in [0.25, 0.3) is 5.89 Å². The molecule has 2 fully saturated rings. The summed E-state index contributed by atoms with van der Waals surface area (Å²) in [4.78, 5) is 6.91. The number of ether oxygens (including phenoxy) is 2. The van der Waals surface area contributed by atoms with Gasteiger partial charge < -0.3 is 14.0 Å². The second-order valence-corrected chi connectivity index (χ2v) is 6.57. The normalized spacial score (nSPS) is 24.3. The summed E-state index contributed by atoms with van der Waals surface area (Å²) in [5.74, 6) is 1.84. The Hall–Kier alpha value is -1.93. The Bertz CT molecular complexity index is 725. The van der Waals surface area contributed by atoms with Crippen molar-refractivity contribution in [2.45, 2.75) is 45.4 Å². The molecule has 4 heterocycles. The zero-order chi connectivity index (χ0) is 16.7. The Morgan fingerprint density at radius 3 is 3.00 bits per heavy atom. The molecule has 4 rings (SSSR count). The van der Waals surface area contributed by atoms with Crippen molar-refractivity contribution in [3.63, 3.8) is 0 Å². The van der Waals surface area contributed by atoms with Crippen LogP contribution in [0.5, 0.6) is 5.75 Å². The van der Waals surface area contributed by atoms with Crippen LogP contribution in [0.15, 0.2) is 4.52 Å². The van der Waals surface area contributed by atoms with Crippen LogP contribution < -0.4 is 4.74 Å². The molecule has 2 saturated heterocycles. The van der Waals surface area contributed by atoms with Gasteiger partial charge in [-0.25, -0.2) is 0 Å². The van der Waals surface area contributed by atoms with Gasteiger partial charge in [0.2, 0.25) is 5.82 Å². The molecule has 2 aliphatic heterocycles. The van der Waals surface area contributed by atoms with Gasteiger partial charge in [-0.2, -0.15) is 10.1 Å². The van der Waals surface area contributed by atoms with Crippen LogP contribution in [0.4, 0.5) is 0 Å². The van der Waals surface area contributed by atoms with Crippen molar-refractivity contribution in [1.82, 2.24) is 24.8 Å². The third-order valence-corrected chi connectivity index (χ3v) is 4.94. The average molecular weight is 333 g/mol. The van der Waals surface area contributed by atoms with E-state index in [0.717, 1.165) is 36.8 Å². The van der Waals surface area contributed by atoms with Gasteiger partial charge in [0, 0.05) is 19.6 Å². The molecule has 130 valence electrons. The SMILES string of the molecule is Cc1nn(C)c(C)c1OCc1nc([C@H]2CN3CCC[C@H]3CO2)no1. The monoisotopic (exact) mass is 333 g/mol. The molecule has 24 heavy (non-hydrogen) atoms. The topological polar surface area (TPSA) is 78.4 Å². The molecule has 0 unspecified atom stereocenters. The molecule has 0 saturated carbocycles. The molecule has 8 nitrogen and oxygen atoms in total. The van der Waals surface area contributed by atoms with Gasteiger partial charge in [-0.15, -0.1) is 0 Å². The van der Waals surface area contributed by atoms with Gasteiger partial charge >= 0.3 is 0 Å². The lowest BCUT2D eigenvalue weighted by atomic mass is 10.2. The number of hydrogen-bond donors (Lipinski definition) is 0. The van der Waals surface area contributed by atoms with Crippen molar-refractivity contribution >= 4 is 0 Å². The van der Waals surface area contributed by atoms with Crippen molar-refractivity contribution in [2.24, 2.45) is 7.05 Å². The zero-order valence-corrected chi connectivity index (χ0v) is 14.4. The van der Waals surface area contributed by atoms with Gasteiger partial charge in [-0.1, -0.05) is 5.16 Å². The van der Waals surface area contributed by atoms with Crippen LogP contribution in [0.2, 0.25) is 0 Å². The largest absolute Gasteiger partial charge is 0.480 e. The van der Waals surface area contributed by atoms with Gasteiger partial charge in [-0.3, -0.25) is 9.58 Å². The van der Waals surface area contributed by atoms with Crippen molar-refractivity contribution in [3.8, 4) is 5.75 Å². The minimum atomic E-state index is -0.112. The Morgan fingerprint density at radius 1 is 1.33 bits per heavy atom. The number of hydrogen-bond acceptors (Lipinski definition) is 7. The Morgan fingerprint density at radius 2 is 2.21 bits per heavy atom. The van der Waals surface area contributed by atoms with Crippen LogP contribution >= 0.6 is 0 Å². The number of rotatable bonds is 4. The molecule has 0 bridgehead atoms. The second kappa shape index (κ2) is 6.18. The van der Waals surface area contributed by atoms with Crippen LogP contribution in [0.3, 0.4) is 0 Å². The maximum absolute atomic E-state index is 5.91. The summed E-state index contributed by atoms with van der Waals surface area (Å²) in [5, 5.41) is 8.41. The molecule has 2 aromatic heterocycles. The predicted octanol–water partition coefficient (Wildman–Crippen LogP) is 1.53. The number of aryl methyl sites for hydroxylation is 2. The van der Waals surface area contributed by atoms with Crippen LogP contribution in [0.25, 0.3) is 0 Å². The van der Waals surface area contributed by atoms with E-state index in [2.05, 4.69) is 20.1 Å². The van der Waals surface area contributed by atoms with E-state index in [1.807, 2.05) is 20.9 Å². The first-order valence-electron chi connectivity index (χ1n) is 8.43. The van der Waals surface area contributed by atoms with E-state index in [9.17, 15) is 0 Å². The summed E-state index contributed by atoms with van der Waals surface area (Å²) in [6.07, 6.45) is 2.36. The molecule has 0 radical (unpaired) electrons. The maximum Gasteiger partial charge on any atom is 0.264 e. The molecule has 8 heteroatoms. The van der Waals surface area contributed by atoms with Crippen molar-refractivity contribution in [3.05, 3.63) is 23.1 Å². The minimum absolute atomic E-state index is 0.112. The fraction of sp³-hybridized carbons (Fsp3) is 0.688. The van der Waals surface area contributed by atoms with Gasteiger partial charge in [-0.05, 0) is 33.2 Å². The lowest BCUT2D eigenvalue weighted by Gasteiger charge is -2.33. The summed E-state index contributed by atoms with van der Waals surface area (Å²) in [6.45, 7) is 6.85. The maximum atomic E-state index is 5.91. The van der Waals surface area contributed by atoms with Gasteiger partial charge in [0.05, 0.1) is 12.3 Å². The minimum Gasteiger partial charge on any atom is -0.480 e. The van der Waals surface area contributed by atoms with E-state index >= 15 is 0 Å². The first-order valence-corrected chi connectivity index (χ1v) is 8.43. The molecule has 2 atom stereocenters. The summed E-state index contributed by atoms with van der Waals surface area (Å²) >= 11 is 0. The smallest absolute Gasteiger partial charge is 0.264 e. The molecule has 2 aliphatic rings. The Labute approximate surface area is 140 Å². The third-order valence-electron chi connectivity index (χ3n) is 4.94. The molecule has 2 aromatic rings. The molecule has 0 aromatic carbocycles. The van der Waals surface area contributed by atoms with E-state index in [1.165, 1.54) is 12.8 Å². The highest BCUT2D eigenvalue weighted by Crippen LogP contribution is 2.29. The molecular weight excluding hydrogens is 310 g/mol. The number of aromatic nitrogens is 4. The van der Waals surface area contributed by atoms with E-state index in [1.54, 1.807) is 4.68 Å². The molecular formula is C16H23N5O3. The van der Waals surface area contributed by atoms with E-state index < -0.39 is 0 Å². The highest BCUT2D eigenvalue weighted by Gasteiger charge is 2.34. The first-order chi connectivity index (χ1) is 11.6. The Kier molecular flexibility index (Phi) is 4.01. The fourth-order valence-electron chi connectivity index (χ4n) is 3.53. The standard InChI is InChI=1S/C16H23N5O3/c1-10-15(11(2)20(3)18-10)23-9-14-17-16(19-24-14)13-7-21-6-4-5-12(21)8-22-13/h12-13H,4-9H2,1-3H3/t12-,13+/m0/s1. The number of fused-ring (bicyclic) bond motifs is 1. The van der Waals surface area contributed by atoms with E-state index in [0.29, 0.717) is 17.8 Å².